The minimum atomic E-state index is -0.471. The first-order valence-corrected chi connectivity index (χ1v) is 6.70. The number of aliphatic hydroxyl groups is 1. The molecule has 0 saturated carbocycles. The van der Waals surface area contributed by atoms with Crippen molar-refractivity contribution in [2.45, 2.75) is 19.9 Å². The van der Waals surface area contributed by atoms with Crippen LogP contribution < -0.4 is 0 Å². The van der Waals surface area contributed by atoms with Crippen LogP contribution in [0.2, 0.25) is 0 Å². The SMILES string of the molecule is COCCN(C(=O)c1ccc(F)cc1C#CCO)C(C)C. The molecule has 0 aliphatic rings. The predicted molar refractivity (Wildman–Crippen MR) is 78.4 cm³/mol. The topological polar surface area (TPSA) is 49.8 Å². The van der Waals surface area contributed by atoms with E-state index in [-0.39, 0.29) is 24.1 Å². The lowest BCUT2D eigenvalue weighted by Gasteiger charge is -2.27. The molecule has 0 radical (unpaired) electrons. The number of aliphatic hydroxyl groups excluding tert-OH is 1. The van der Waals surface area contributed by atoms with E-state index in [1.165, 1.54) is 18.2 Å². The molecule has 0 bridgehead atoms. The monoisotopic (exact) mass is 293 g/mol. The van der Waals surface area contributed by atoms with E-state index >= 15 is 0 Å². The summed E-state index contributed by atoms with van der Waals surface area (Å²) < 4.78 is 18.3. The fourth-order valence-corrected chi connectivity index (χ4v) is 1.88. The molecule has 0 spiro atoms. The molecule has 0 aromatic heterocycles. The molecule has 21 heavy (non-hydrogen) atoms. The Morgan fingerprint density at radius 1 is 1.48 bits per heavy atom. The molecule has 4 nitrogen and oxygen atoms in total. The molecule has 1 aromatic carbocycles. The summed E-state index contributed by atoms with van der Waals surface area (Å²) in [5, 5.41) is 8.76. The van der Waals surface area contributed by atoms with E-state index in [2.05, 4.69) is 11.8 Å². The van der Waals surface area contributed by atoms with E-state index in [1.54, 1.807) is 12.0 Å². The first-order valence-electron chi connectivity index (χ1n) is 6.70. The van der Waals surface area contributed by atoms with Crippen LogP contribution in [0.4, 0.5) is 4.39 Å². The second-order valence-corrected chi connectivity index (χ2v) is 4.73. The van der Waals surface area contributed by atoms with Crippen molar-refractivity contribution >= 4 is 5.91 Å². The third-order valence-corrected chi connectivity index (χ3v) is 2.93. The Labute approximate surface area is 124 Å². The number of amides is 1. The number of rotatable bonds is 5. The highest BCUT2D eigenvalue weighted by molar-refractivity contribution is 5.97. The van der Waals surface area contributed by atoms with Crippen LogP contribution in [-0.4, -0.2) is 48.8 Å². The highest BCUT2D eigenvalue weighted by Gasteiger charge is 2.21. The number of ether oxygens (including phenoxy) is 1. The Morgan fingerprint density at radius 3 is 2.76 bits per heavy atom. The molecule has 0 aliphatic heterocycles. The average Bonchev–Trinajstić information content (AvgIpc) is 2.45. The molecule has 0 atom stereocenters. The lowest BCUT2D eigenvalue weighted by molar-refractivity contribution is 0.0634. The van der Waals surface area contributed by atoms with E-state index in [9.17, 15) is 9.18 Å². The summed E-state index contributed by atoms with van der Waals surface area (Å²) in [6.07, 6.45) is 0. The molecule has 0 aliphatic carbocycles. The summed E-state index contributed by atoms with van der Waals surface area (Å²) >= 11 is 0. The molecule has 0 heterocycles. The Balaban J connectivity index is 3.14. The van der Waals surface area contributed by atoms with Crippen molar-refractivity contribution in [1.29, 1.82) is 0 Å². The zero-order valence-electron chi connectivity index (χ0n) is 12.5. The maximum Gasteiger partial charge on any atom is 0.255 e. The van der Waals surface area contributed by atoms with Gasteiger partial charge in [0.25, 0.3) is 5.91 Å². The fourth-order valence-electron chi connectivity index (χ4n) is 1.88. The molecule has 1 amide bonds. The second kappa shape index (κ2) is 8.40. The van der Waals surface area contributed by atoms with Crippen LogP contribution in [0.3, 0.4) is 0 Å². The molecule has 0 unspecified atom stereocenters. The van der Waals surface area contributed by atoms with Gasteiger partial charge in [-0.15, -0.1) is 0 Å². The van der Waals surface area contributed by atoms with E-state index < -0.39 is 5.82 Å². The first-order chi connectivity index (χ1) is 10.0. The summed E-state index contributed by atoms with van der Waals surface area (Å²) in [5.74, 6) is 4.35. The molecule has 1 N–H and O–H groups in total. The number of methoxy groups -OCH3 is 1. The molecule has 114 valence electrons. The molecular weight excluding hydrogens is 273 g/mol. The van der Waals surface area contributed by atoms with E-state index in [0.717, 1.165) is 0 Å². The normalized spacial score (nSPS) is 10.2. The lowest BCUT2D eigenvalue weighted by Crippen LogP contribution is -2.39. The van der Waals surface area contributed by atoms with Crippen molar-refractivity contribution in [3.05, 3.63) is 35.1 Å². The maximum absolute atomic E-state index is 13.3. The minimum absolute atomic E-state index is 0.0173. The third-order valence-electron chi connectivity index (χ3n) is 2.93. The number of hydrogen-bond donors (Lipinski definition) is 1. The quantitative estimate of drug-likeness (QED) is 0.840. The standard InChI is InChI=1S/C16H20FNO3/c1-12(2)18(8-10-21-3)16(20)15-7-6-14(17)11-13(15)5-4-9-19/h6-7,11-12,19H,8-10H2,1-3H3. The van der Waals surface area contributed by atoms with Gasteiger partial charge in [0.05, 0.1) is 12.2 Å². The van der Waals surface area contributed by atoms with Crippen molar-refractivity contribution < 1.29 is 19.0 Å². The van der Waals surface area contributed by atoms with Gasteiger partial charge in [0, 0.05) is 25.3 Å². The van der Waals surface area contributed by atoms with E-state index in [0.29, 0.717) is 18.7 Å². The number of benzene rings is 1. The molecule has 1 rings (SSSR count). The molecule has 5 heteroatoms. The van der Waals surface area contributed by atoms with Crippen molar-refractivity contribution in [2.75, 3.05) is 26.9 Å². The van der Waals surface area contributed by atoms with Crippen molar-refractivity contribution in [3.63, 3.8) is 0 Å². The number of carbonyl (C=O) groups excluding carboxylic acids is 1. The zero-order chi connectivity index (χ0) is 15.8. The Bertz CT molecular complexity index is 546. The average molecular weight is 293 g/mol. The van der Waals surface area contributed by atoms with Crippen molar-refractivity contribution in [3.8, 4) is 11.8 Å². The largest absolute Gasteiger partial charge is 0.384 e. The van der Waals surface area contributed by atoms with E-state index in [4.69, 9.17) is 9.84 Å². The Hall–Kier alpha value is -1.90. The first kappa shape index (κ1) is 17.2. The second-order valence-electron chi connectivity index (χ2n) is 4.73. The summed E-state index contributed by atoms with van der Waals surface area (Å²) in [5.41, 5.74) is 0.597. The number of halogens is 1. The molecule has 1 aromatic rings. The van der Waals surface area contributed by atoms with E-state index in [1.807, 2.05) is 13.8 Å². The lowest BCUT2D eigenvalue weighted by atomic mass is 10.1. The minimum Gasteiger partial charge on any atom is -0.384 e. The Morgan fingerprint density at radius 2 is 2.19 bits per heavy atom. The van der Waals surface area contributed by atoms with Gasteiger partial charge in [0.2, 0.25) is 0 Å². The van der Waals surface area contributed by atoms with Crippen LogP contribution in [0.25, 0.3) is 0 Å². The highest BCUT2D eigenvalue weighted by Crippen LogP contribution is 2.15. The van der Waals surface area contributed by atoms with Gasteiger partial charge < -0.3 is 14.7 Å². The van der Waals surface area contributed by atoms with Crippen LogP contribution in [0.1, 0.15) is 29.8 Å². The molecular formula is C16H20FNO3. The van der Waals surface area contributed by atoms with Gasteiger partial charge in [-0.25, -0.2) is 4.39 Å². The summed E-state index contributed by atoms with van der Waals surface area (Å²) in [7, 11) is 1.57. The summed E-state index contributed by atoms with van der Waals surface area (Å²) in [6.45, 7) is 4.31. The van der Waals surface area contributed by atoms with Gasteiger partial charge in [-0.3, -0.25) is 4.79 Å². The smallest absolute Gasteiger partial charge is 0.255 e. The van der Waals surface area contributed by atoms with Gasteiger partial charge in [-0.05, 0) is 32.0 Å². The Kier molecular flexibility index (Phi) is 6.86. The van der Waals surface area contributed by atoms with Gasteiger partial charge in [0.15, 0.2) is 0 Å². The number of carbonyl (C=O) groups is 1. The van der Waals surface area contributed by atoms with Gasteiger partial charge in [-0.2, -0.15) is 0 Å². The number of nitrogens with zero attached hydrogens (tertiary/aromatic N) is 1. The predicted octanol–water partition coefficient (Wildman–Crippen LogP) is 1.67. The summed E-state index contributed by atoms with van der Waals surface area (Å²) in [4.78, 5) is 14.2. The van der Waals surface area contributed by atoms with Gasteiger partial charge >= 0.3 is 0 Å². The zero-order valence-corrected chi connectivity index (χ0v) is 12.5. The maximum atomic E-state index is 13.3. The molecule has 0 saturated heterocycles. The van der Waals surface area contributed by atoms with Crippen molar-refractivity contribution in [2.24, 2.45) is 0 Å². The van der Waals surface area contributed by atoms with Gasteiger partial charge in [0.1, 0.15) is 12.4 Å². The third kappa shape index (κ3) is 4.85. The van der Waals surface area contributed by atoms with Gasteiger partial charge in [-0.1, -0.05) is 11.8 Å². The van der Waals surface area contributed by atoms with Crippen LogP contribution >= 0.6 is 0 Å². The highest BCUT2D eigenvalue weighted by atomic mass is 19.1. The number of hydrogen-bond acceptors (Lipinski definition) is 3. The summed E-state index contributed by atoms with van der Waals surface area (Å²) in [6, 6.07) is 3.83. The van der Waals surface area contributed by atoms with Crippen molar-refractivity contribution in [1.82, 2.24) is 4.90 Å². The fraction of sp³-hybridized carbons (Fsp3) is 0.438. The van der Waals surface area contributed by atoms with Crippen LogP contribution in [0.15, 0.2) is 18.2 Å². The molecule has 0 fully saturated rings. The van der Waals surface area contributed by atoms with Crippen LogP contribution in [-0.2, 0) is 4.74 Å². The van der Waals surface area contributed by atoms with Crippen LogP contribution in [0, 0.1) is 17.7 Å². The van der Waals surface area contributed by atoms with Crippen LogP contribution in [0.5, 0.6) is 0 Å².